The van der Waals surface area contributed by atoms with Gasteiger partial charge in [0.25, 0.3) is 0 Å². The van der Waals surface area contributed by atoms with Crippen molar-refractivity contribution in [3.8, 4) is 5.75 Å². The summed E-state index contributed by atoms with van der Waals surface area (Å²) in [5.74, 6) is 1.90. The van der Waals surface area contributed by atoms with E-state index in [0.717, 1.165) is 31.2 Å². The van der Waals surface area contributed by atoms with Gasteiger partial charge < -0.3 is 10.1 Å². The molecule has 3 aromatic carbocycles. The van der Waals surface area contributed by atoms with Crippen LogP contribution in [0.1, 0.15) is 24.0 Å². The summed E-state index contributed by atoms with van der Waals surface area (Å²) in [4.78, 5) is 0. The molecule has 128 valence electrons. The predicted octanol–water partition coefficient (Wildman–Crippen LogP) is 4.96. The Morgan fingerprint density at radius 1 is 0.880 bits per heavy atom. The molecule has 0 spiro atoms. The number of hydrogen-bond acceptors (Lipinski definition) is 2. The number of benzene rings is 3. The zero-order valence-electron chi connectivity index (χ0n) is 14.6. The molecule has 0 radical (unpaired) electrons. The van der Waals surface area contributed by atoms with E-state index in [1.165, 1.54) is 34.7 Å². The van der Waals surface area contributed by atoms with E-state index in [1.807, 2.05) is 0 Å². The lowest BCUT2D eigenvalue weighted by Crippen LogP contribution is -2.17. The SMILES string of the molecule is c1ccc(CCOc2ccc3ccccc3c2CNCC2CC2)cc1. The second kappa shape index (κ2) is 7.71. The first-order chi connectivity index (χ1) is 12.4. The maximum atomic E-state index is 6.18. The molecule has 3 aromatic rings. The molecule has 0 heterocycles. The molecule has 1 saturated carbocycles. The molecular weight excluding hydrogens is 306 g/mol. The van der Waals surface area contributed by atoms with Crippen LogP contribution in [0.2, 0.25) is 0 Å². The average molecular weight is 331 g/mol. The van der Waals surface area contributed by atoms with E-state index in [9.17, 15) is 0 Å². The standard InChI is InChI=1S/C23H25NO/c1-2-6-18(7-3-1)14-15-25-23-13-12-20-8-4-5-9-21(20)22(23)17-24-16-19-10-11-19/h1-9,12-13,19,24H,10-11,14-17H2. The Morgan fingerprint density at radius 3 is 2.52 bits per heavy atom. The van der Waals surface area contributed by atoms with Gasteiger partial charge in [0.15, 0.2) is 0 Å². The van der Waals surface area contributed by atoms with E-state index in [0.29, 0.717) is 6.61 Å². The van der Waals surface area contributed by atoms with Crippen LogP contribution in [-0.2, 0) is 13.0 Å². The van der Waals surface area contributed by atoms with Gasteiger partial charge in [0.2, 0.25) is 0 Å². The minimum Gasteiger partial charge on any atom is -0.493 e. The molecular formula is C23H25NO. The number of ether oxygens (including phenoxy) is 1. The quantitative estimate of drug-likeness (QED) is 0.630. The van der Waals surface area contributed by atoms with Gasteiger partial charge >= 0.3 is 0 Å². The summed E-state index contributed by atoms with van der Waals surface area (Å²) in [7, 11) is 0. The maximum Gasteiger partial charge on any atom is 0.124 e. The molecule has 1 aliphatic rings. The molecule has 0 amide bonds. The van der Waals surface area contributed by atoms with Gasteiger partial charge in [-0.05, 0) is 47.7 Å². The monoisotopic (exact) mass is 331 g/mol. The Morgan fingerprint density at radius 2 is 1.68 bits per heavy atom. The Hall–Kier alpha value is -2.32. The highest BCUT2D eigenvalue weighted by Gasteiger charge is 2.20. The summed E-state index contributed by atoms with van der Waals surface area (Å²) in [6.07, 6.45) is 3.69. The molecule has 0 aromatic heterocycles. The van der Waals surface area contributed by atoms with E-state index in [1.54, 1.807) is 0 Å². The highest BCUT2D eigenvalue weighted by molar-refractivity contribution is 5.87. The third kappa shape index (κ3) is 4.21. The van der Waals surface area contributed by atoms with E-state index in [4.69, 9.17) is 4.74 Å². The molecule has 25 heavy (non-hydrogen) atoms. The first-order valence-electron chi connectivity index (χ1n) is 9.28. The average Bonchev–Trinajstić information content (AvgIpc) is 3.48. The first-order valence-corrected chi connectivity index (χ1v) is 9.28. The van der Waals surface area contributed by atoms with Crippen molar-refractivity contribution in [2.75, 3.05) is 13.2 Å². The summed E-state index contributed by atoms with van der Waals surface area (Å²) in [5.41, 5.74) is 2.60. The van der Waals surface area contributed by atoms with Crippen LogP contribution < -0.4 is 10.1 Å². The van der Waals surface area contributed by atoms with E-state index >= 15 is 0 Å². The fraction of sp³-hybridized carbons (Fsp3) is 0.304. The van der Waals surface area contributed by atoms with Crippen LogP contribution in [0.3, 0.4) is 0 Å². The van der Waals surface area contributed by atoms with Crippen LogP contribution >= 0.6 is 0 Å². The Bertz CT molecular complexity index is 824. The summed E-state index contributed by atoms with van der Waals surface area (Å²) < 4.78 is 6.18. The van der Waals surface area contributed by atoms with Crippen LogP contribution in [-0.4, -0.2) is 13.2 Å². The van der Waals surface area contributed by atoms with Crippen LogP contribution in [0, 0.1) is 5.92 Å². The number of rotatable bonds is 8. The van der Waals surface area contributed by atoms with Gasteiger partial charge in [-0.25, -0.2) is 0 Å². The molecule has 0 aliphatic heterocycles. The fourth-order valence-electron chi connectivity index (χ4n) is 3.28. The largest absolute Gasteiger partial charge is 0.493 e. The molecule has 0 unspecified atom stereocenters. The predicted molar refractivity (Wildman–Crippen MR) is 104 cm³/mol. The van der Waals surface area contributed by atoms with Crippen molar-refractivity contribution < 1.29 is 4.74 Å². The van der Waals surface area contributed by atoms with Crippen molar-refractivity contribution in [1.29, 1.82) is 0 Å². The maximum absolute atomic E-state index is 6.18. The third-order valence-corrected chi connectivity index (χ3v) is 4.92. The highest BCUT2D eigenvalue weighted by atomic mass is 16.5. The van der Waals surface area contributed by atoms with E-state index < -0.39 is 0 Å². The first kappa shape index (κ1) is 16.2. The lowest BCUT2D eigenvalue weighted by atomic mass is 10.0. The third-order valence-electron chi connectivity index (χ3n) is 4.92. The molecule has 1 N–H and O–H groups in total. The summed E-state index contributed by atoms with van der Waals surface area (Å²) in [6, 6.07) is 23.4. The van der Waals surface area contributed by atoms with Crippen molar-refractivity contribution in [3.63, 3.8) is 0 Å². The highest BCUT2D eigenvalue weighted by Crippen LogP contribution is 2.30. The molecule has 0 atom stereocenters. The molecule has 0 bridgehead atoms. The van der Waals surface area contributed by atoms with Crippen molar-refractivity contribution in [3.05, 3.63) is 77.9 Å². The minimum atomic E-state index is 0.706. The normalized spacial score (nSPS) is 13.9. The van der Waals surface area contributed by atoms with Gasteiger partial charge in [-0.15, -0.1) is 0 Å². The molecule has 2 heteroatoms. The lowest BCUT2D eigenvalue weighted by molar-refractivity contribution is 0.318. The molecule has 1 fully saturated rings. The summed E-state index contributed by atoms with van der Waals surface area (Å²) in [6.45, 7) is 2.70. The molecule has 2 nitrogen and oxygen atoms in total. The van der Waals surface area contributed by atoms with Crippen LogP contribution in [0.5, 0.6) is 5.75 Å². The summed E-state index contributed by atoms with van der Waals surface area (Å²) in [5, 5.41) is 6.20. The van der Waals surface area contributed by atoms with Crippen molar-refractivity contribution in [2.45, 2.75) is 25.8 Å². The second-order valence-electron chi connectivity index (χ2n) is 6.92. The van der Waals surface area contributed by atoms with Gasteiger partial charge in [0, 0.05) is 18.5 Å². The van der Waals surface area contributed by atoms with Crippen LogP contribution in [0.15, 0.2) is 66.7 Å². The number of hydrogen-bond donors (Lipinski definition) is 1. The number of nitrogens with one attached hydrogen (secondary N) is 1. The zero-order chi connectivity index (χ0) is 16.9. The molecule has 1 aliphatic carbocycles. The number of fused-ring (bicyclic) bond motifs is 1. The Balaban J connectivity index is 1.49. The fourth-order valence-corrected chi connectivity index (χ4v) is 3.28. The van der Waals surface area contributed by atoms with Crippen LogP contribution in [0.25, 0.3) is 10.8 Å². The van der Waals surface area contributed by atoms with E-state index in [-0.39, 0.29) is 0 Å². The van der Waals surface area contributed by atoms with Crippen LogP contribution in [0.4, 0.5) is 0 Å². The van der Waals surface area contributed by atoms with Crippen molar-refractivity contribution in [2.24, 2.45) is 5.92 Å². The molecule has 4 rings (SSSR count). The Kier molecular flexibility index (Phi) is 4.98. The van der Waals surface area contributed by atoms with Crippen molar-refractivity contribution in [1.82, 2.24) is 5.32 Å². The van der Waals surface area contributed by atoms with Gasteiger partial charge in [-0.2, -0.15) is 0 Å². The minimum absolute atomic E-state index is 0.706. The second-order valence-corrected chi connectivity index (χ2v) is 6.92. The zero-order valence-corrected chi connectivity index (χ0v) is 14.6. The van der Waals surface area contributed by atoms with Gasteiger partial charge in [0.1, 0.15) is 5.75 Å². The van der Waals surface area contributed by atoms with Gasteiger partial charge in [0.05, 0.1) is 6.61 Å². The Labute approximate surface area is 149 Å². The smallest absolute Gasteiger partial charge is 0.124 e. The summed E-state index contributed by atoms with van der Waals surface area (Å²) >= 11 is 0. The topological polar surface area (TPSA) is 21.3 Å². The van der Waals surface area contributed by atoms with E-state index in [2.05, 4.69) is 72.0 Å². The lowest BCUT2D eigenvalue weighted by Gasteiger charge is -2.15. The van der Waals surface area contributed by atoms with Gasteiger partial charge in [-0.1, -0.05) is 60.7 Å². The van der Waals surface area contributed by atoms with Crippen molar-refractivity contribution >= 4 is 10.8 Å². The van der Waals surface area contributed by atoms with Gasteiger partial charge in [-0.3, -0.25) is 0 Å². The molecule has 0 saturated heterocycles.